The maximum Gasteiger partial charge on any atom is -0.00230 e. The second-order valence-corrected chi connectivity index (χ2v) is 10.6. The van der Waals surface area contributed by atoms with E-state index in [1.807, 2.05) is 0 Å². The second-order valence-electron chi connectivity index (χ2n) is 10.6. The summed E-state index contributed by atoms with van der Waals surface area (Å²) in [4.78, 5) is 0. The van der Waals surface area contributed by atoms with Crippen LogP contribution in [0.15, 0.2) is 101 Å². The average molecular weight is 451 g/mol. The van der Waals surface area contributed by atoms with Crippen molar-refractivity contribution in [3.63, 3.8) is 0 Å². The lowest BCUT2D eigenvalue weighted by Gasteiger charge is -2.23. The van der Waals surface area contributed by atoms with E-state index in [1.165, 1.54) is 77.5 Å². The monoisotopic (exact) mass is 450 g/mol. The Balaban J connectivity index is 1.47. The van der Waals surface area contributed by atoms with Crippen LogP contribution in [0.5, 0.6) is 0 Å². The van der Waals surface area contributed by atoms with Gasteiger partial charge in [0.2, 0.25) is 0 Å². The molecule has 0 bridgehead atoms. The van der Waals surface area contributed by atoms with Crippen LogP contribution in [0.25, 0.3) is 5.57 Å². The number of benzene rings is 1. The van der Waals surface area contributed by atoms with Gasteiger partial charge in [0.1, 0.15) is 0 Å². The molecule has 0 spiro atoms. The van der Waals surface area contributed by atoms with Gasteiger partial charge >= 0.3 is 0 Å². The third-order valence-electron chi connectivity index (χ3n) is 8.14. The SMILES string of the molecule is C=C(C[C@H](CCC)c1ccc(C2=CC=CC2)cc1)C1=C/C(=C/C2=C(C)CC[C@H](CC)C2)C(=C)C1. The van der Waals surface area contributed by atoms with Crippen LogP contribution in [0.1, 0.15) is 95.6 Å². The summed E-state index contributed by atoms with van der Waals surface area (Å²) in [7, 11) is 0. The van der Waals surface area contributed by atoms with Crippen LogP contribution >= 0.6 is 0 Å². The fraction of sp³-hybridized carbons (Fsp3) is 0.412. The smallest absolute Gasteiger partial charge is 0.00230 e. The Morgan fingerprint density at radius 1 is 1.18 bits per heavy atom. The van der Waals surface area contributed by atoms with Gasteiger partial charge in [-0.25, -0.2) is 0 Å². The summed E-state index contributed by atoms with van der Waals surface area (Å²) in [6.07, 6.45) is 22.0. The summed E-state index contributed by atoms with van der Waals surface area (Å²) >= 11 is 0. The molecular formula is C34H42. The van der Waals surface area contributed by atoms with Crippen LogP contribution < -0.4 is 0 Å². The highest BCUT2D eigenvalue weighted by atomic mass is 14.3. The van der Waals surface area contributed by atoms with Crippen molar-refractivity contribution in [1.82, 2.24) is 0 Å². The summed E-state index contributed by atoms with van der Waals surface area (Å²) < 4.78 is 0. The zero-order chi connectivity index (χ0) is 24.1. The summed E-state index contributed by atoms with van der Waals surface area (Å²) in [5, 5.41) is 0. The lowest BCUT2D eigenvalue weighted by Crippen LogP contribution is -2.07. The molecule has 4 rings (SSSR count). The Labute approximate surface area is 208 Å². The number of allylic oxidation sites excluding steroid dienone is 12. The van der Waals surface area contributed by atoms with Crippen molar-refractivity contribution in [2.24, 2.45) is 5.92 Å². The van der Waals surface area contributed by atoms with Crippen molar-refractivity contribution in [3.05, 3.63) is 112 Å². The third-order valence-corrected chi connectivity index (χ3v) is 8.14. The minimum Gasteiger partial charge on any atom is -0.0955 e. The molecule has 0 N–H and O–H groups in total. The zero-order valence-corrected chi connectivity index (χ0v) is 21.6. The van der Waals surface area contributed by atoms with Crippen LogP contribution in [-0.4, -0.2) is 0 Å². The highest BCUT2D eigenvalue weighted by Crippen LogP contribution is 2.40. The van der Waals surface area contributed by atoms with Gasteiger partial charge in [-0.05, 0) is 103 Å². The molecule has 0 nitrogen and oxygen atoms in total. The second kappa shape index (κ2) is 11.2. The molecule has 1 aromatic rings. The van der Waals surface area contributed by atoms with Crippen molar-refractivity contribution in [2.75, 3.05) is 0 Å². The molecule has 34 heavy (non-hydrogen) atoms. The molecule has 0 heterocycles. The Morgan fingerprint density at radius 3 is 2.65 bits per heavy atom. The lowest BCUT2D eigenvalue weighted by molar-refractivity contribution is 0.446. The third kappa shape index (κ3) is 5.72. The average Bonchev–Trinajstić information content (AvgIpc) is 3.51. The molecule has 0 aromatic heterocycles. The quantitative estimate of drug-likeness (QED) is 0.351. The van der Waals surface area contributed by atoms with Crippen molar-refractivity contribution in [1.29, 1.82) is 0 Å². The first-order valence-corrected chi connectivity index (χ1v) is 13.4. The molecule has 0 amide bonds. The van der Waals surface area contributed by atoms with Crippen molar-refractivity contribution in [3.8, 4) is 0 Å². The van der Waals surface area contributed by atoms with E-state index in [2.05, 4.69) is 88.6 Å². The summed E-state index contributed by atoms with van der Waals surface area (Å²) in [6, 6.07) is 9.30. The molecule has 3 aliphatic rings. The van der Waals surface area contributed by atoms with E-state index in [9.17, 15) is 0 Å². The van der Waals surface area contributed by atoms with E-state index in [0.29, 0.717) is 5.92 Å². The van der Waals surface area contributed by atoms with Gasteiger partial charge in [0.05, 0.1) is 0 Å². The van der Waals surface area contributed by atoms with Crippen LogP contribution in [-0.2, 0) is 0 Å². The largest absolute Gasteiger partial charge is 0.0955 e. The lowest BCUT2D eigenvalue weighted by atomic mass is 9.82. The van der Waals surface area contributed by atoms with Crippen molar-refractivity contribution in [2.45, 2.75) is 84.5 Å². The van der Waals surface area contributed by atoms with Gasteiger partial charge in [-0.15, -0.1) is 0 Å². The highest BCUT2D eigenvalue weighted by molar-refractivity contribution is 5.71. The topological polar surface area (TPSA) is 0 Å². The minimum atomic E-state index is 0.526. The van der Waals surface area contributed by atoms with E-state index < -0.39 is 0 Å². The zero-order valence-electron chi connectivity index (χ0n) is 21.6. The van der Waals surface area contributed by atoms with Crippen LogP contribution in [0.4, 0.5) is 0 Å². The van der Waals surface area contributed by atoms with Gasteiger partial charge in [0.15, 0.2) is 0 Å². The number of rotatable bonds is 9. The van der Waals surface area contributed by atoms with Crippen LogP contribution in [0, 0.1) is 5.92 Å². The van der Waals surface area contributed by atoms with Gasteiger partial charge in [0.25, 0.3) is 0 Å². The molecule has 0 fully saturated rings. The molecular weight excluding hydrogens is 408 g/mol. The Morgan fingerprint density at radius 2 is 1.97 bits per heavy atom. The molecule has 3 aliphatic carbocycles. The van der Waals surface area contributed by atoms with E-state index in [4.69, 9.17) is 0 Å². The first kappa shape index (κ1) is 24.5. The predicted molar refractivity (Wildman–Crippen MR) is 150 cm³/mol. The van der Waals surface area contributed by atoms with Crippen LogP contribution in [0.2, 0.25) is 0 Å². The first-order chi connectivity index (χ1) is 16.5. The maximum absolute atomic E-state index is 4.55. The van der Waals surface area contributed by atoms with Gasteiger partial charge in [-0.2, -0.15) is 0 Å². The number of hydrogen-bond donors (Lipinski definition) is 0. The van der Waals surface area contributed by atoms with Gasteiger partial charge in [-0.3, -0.25) is 0 Å². The van der Waals surface area contributed by atoms with Crippen molar-refractivity contribution >= 4 is 5.57 Å². The molecule has 0 unspecified atom stereocenters. The molecule has 1 aromatic carbocycles. The molecule has 0 radical (unpaired) electrons. The van der Waals surface area contributed by atoms with E-state index in [-0.39, 0.29) is 0 Å². The van der Waals surface area contributed by atoms with E-state index >= 15 is 0 Å². The standard InChI is InChI=1S/C34H42/c1-6-10-31(30-17-15-29(16-18-30)28-11-8-9-12-28)19-25(4)32-20-26(5)34(22-32)23-33-21-27(7-2)14-13-24(33)3/h8-9,11,15-18,22-23,27,31H,4-7,10,12-14,19-21H2,1-3H3/b34-23-/t27-,31-/m0/s1. The van der Waals surface area contributed by atoms with Crippen LogP contribution in [0.3, 0.4) is 0 Å². The maximum atomic E-state index is 4.55. The normalized spacial score (nSPS) is 22.4. The van der Waals surface area contributed by atoms with Gasteiger partial charge in [0, 0.05) is 0 Å². The van der Waals surface area contributed by atoms with E-state index in [1.54, 1.807) is 11.1 Å². The van der Waals surface area contributed by atoms with E-state index in [0.717, 1.165) is 25.2 Å². The Kier molecular flexibility index (Phi) is 8.09. The predicted octanol–water partition coefficient (Wildman–Crippen LogP) is 10.2. The first-order valence-electron chi connectivity index (χ1n) is 13.4. The number of hydrogen-bond acceptors (Lipinski definition) is 0. The Hall–Kier alpha value is -2.60. The summed E-state index contributed by atoms with van der Waals surface area (Å²) in [5.74, 6) is 1.36. The molecule has 0 aliphatic heterocycles. The fourth-order valence-electron chi connectivity index (χ4n) is 5.72. The molecule has 178 valence electrons. The Bertz CT molecular complexity index is 1080. The molecule has 0 saturated heterocycles. The highest BCUT2D eigenvalue weighted by Gasteiger charge is 2.22. The fourth-order valence-corrected chi connectivity index (χ4v) is 5.72. The van der Waals surface area contributed by atoms with Gasteiger partial charge in [-0.1, -0.05) is 106 Å². The van der Waals surface area contributed by atoms with Crippen molar-refractivity contribution < 1.29 is 0 Å². The summed E-state index contributed by atoms with van der Waals surface area (Å²) in [6.45, 7) is 15.9. The summed E-state index contributed by atoms with van der Waals surface area (Å²) in [5.41, 5.74) is 12.6. The molecule has 2 atom stereocenters. The minimum absolute atomic E-state index is 0.526. The molecule has 0 saturated carbocycles. The van der Waals surface area contributed by atoms with Gasteiger partial charge < -0.3 is 0 Å². The molecule has 0 heteroatoms.